The van der Waals surface area contributed by atoms with E-state index in [0.717, 1.165) is 12.8 Å². The first-order valence-electron chi connectivity index (χ1n) is 6.63. The lowest BCUT2D eigenvalue weighted by Crippen LogP contribution is -2.41. The van der Waals surface area contributed by atoms with Crippen LogP contribution in [0, 0.1) is 5.92 Å². The van der Waals surface area contributed by atoms with E-state index in [4.69, 9.17) is 4.74 Å². The van der Waals surface area contributed by atoms with Gasteiger partial charge in [-0.25, -0.2) is 13.2 Å². The van der Waals surface area contributed by atoms with Crippen molar-refractivity contribution in [3.63, 3.8) is 0 Å². The summed E-state index contributed by atoms with van der Waals surface area (Å²) in [5.74, 6) is 0.0397. The molecule has 0 N–H and O–H groups in total. The van der Waals surface area contributed by atoms with Crippen LogP contribution in [0.3, 0.4) is 0 Å². The first-order valence-corrected chi connectivity index (χ1v) is 8.29. The van der Waals surface area contributed by atoms with Crippen LogP contribution in [0.1, 0.15) is 12.8 Å². The highest BCUT2D eigenvalue weighted by Gasteiger charge is 2.28. The normalized spacial score (nSPS) is 19.6. The molecular weight excluding hydrogens is 278 g/mol. The van der Waals surface area contributed by atoms with Gasteiger partial charge in [0.15, 0.2) is 9.84 Å². The lowest BCUT2D eigenvalue weighted by atomic mass is 10.0. The lowest BCUT2D eigenvalue weighted by molar-refractivity contribution is 0.105. The Morgan fingerprint density at radius 3 is 2.70 bits per heavy atom. The highest BCUT2D eigenvalue weighted by Crippen LogP contribution is 2.22. The van der Waals surface area contributed by atoms with E-state index in [2.05, 4.69) is 0 Å². The molecule has 1 saturated heterocycles. The Kier molecular flexibility index (Phi) is 4.65. The summed E-state index contributed by atoms with van der Waals surface area (Å²) >= 11 is 0. The average Bonchev–Trinajstić information content (AvgIpc) is 2.47. The van der Waals surface area contributed by atoms with E-state index in [0.29, 0.717) is 18.0 Å². The van der Waals surface area contributed by atoms with Crippen LogP contribution in [0.5, 0.6) is 0 Å². The Labute approximate surface area is 119 Å². The fourth-order valence-corrected chi connectivity index (χ4v) is 4.19. The molecular formula is C14H19NO4S. The fourth-order valence-electron chi connectivity index (χ4n) is 2.53. The molecule has 0 bridgehead atoms. The van der Waals surface area contributed by atoms with Gasteiger partial charge in [0.25, 0.3) is 0 Å². The SMILES string of the molecule is COC(=O)N1CCCC(CS(=O)(=O)c2ccccc2)C1. The highest BCUT2D eigenvalue weighted by molar-refractivity contribution is 7.91. The zero-order valence-corrected chi connectivity index (χ0v) is 12.3. The van der Waals surface area contributed by atoms with Crippen molar-refractivity contribution in [3.8, 4) is 0 Å². The number of carbonyl (C=O) groups excluding carboxylic acids is 1. The monoisotopic (exact) mass is 297 g/mol. The number of amides is 1. The van der Waals surface area contributed by atoms with Gasteiger partial charge in [-0.05, 0) is 30.9 Å². The fraction of sp³-hybridized carbons (Fsp3) is 0.500. The largest absolute Gasteiger partial charge is 0.453 e. The summed E-state index contributed by atoms with van der Waals surface area (Å²) < 4.78 is 29.3. The summed E-state index contributed by atoms with van der Waals surface area (Å²) in [4.78, 5) is 13.4. The third kappa shape index (κ3) is 3.50. The van der Waals surface area contributed by atoms with Crippen molar-refractivity contribution >= 4 is 15.9 Å². The van der Waals surface area contributed by atoms with Crippen LogP contribution in [-0.2, 0) is 14.6 Å². The number of nitrogens with zero attached hydrogens (tertiary/aromatic N) is 1. The number of benzene rings is 1. The molecule has 0 saturated carbocycles. The van der Waals surface area contributed by atoms with Gasteiger partial charge in [-0.15, -0.1) is 0 Å². The summed E-state index contributed by atoms with van der Waals surface area (Å²) in [5.41, 5.74) is 0. The quantitative estimate of drug-likeness (QED) is 0.855. The molecule has 0 spiro atoms. The zero-order chi connectivity index (χ0) is 14.6. The predicted molar refractivity (Wildman–Crippen MR) is 75.2 cm³/mol. The zero-order valence-electron chi connectivity index (χ0n) is 11.5. The Balaban J connectivity index is 2.04. The van der Waals surface area contributed by atoms with E-state index in [1.807, 2.05) is 0 Å². The predicted octanol–water partition coefficient (Wildman–Crippen LogP) is 1.94. The maximum atomic E-state index is 12.3. The molecule has 1 heterocycles. The smallest absolute Gasteiger partial charge is 0.409 e. The number of hydrogen-bond donors (Lipinski definition) is 0. The van der Waals surface area contributed by atoms with Crippen molar-refractivity contribution in [1.82, 2.24) is 4.90 Å². The molecule has 2 rings (SSSR count). The molecule has 20 heavy (non-hydrogen) atoms. The van der Waals surface area contributed by atoms with E-state index in [9.17, 15) is 13.2 Å². The lowest BCUT2D eigenvalue weighted by Gasteiger charge is -2.31. The van der Waals surface area contributed by atoms with Crippen LogP contribution in [-0.4, -0.2) is 45.4 Å². The third-order valence-electron chi connectivity index (χ3n) is 3.51. The second kappa shape index (κ2) is 6.26. The molecule has 5 nitrogen and oxygen atoms in total. The van der Waals surface area contributed by atoms with Crippen molar-refractivity contribution in [2.75, 3.05) is 26.0 Å². The summed E-state index contributed by atoms with van der Waals surface area (Å²) in [6.07, 6.45) is 1.25. The molecule has 110 valence electrons. The van der Waals surface area contributed by atoms with Gasteiger partial charge in [-0.1, -0.05) is 18.2 Å². The number of carbonyl (C=O) groups is 1. The minimum absolute atomic E-state index is 0.0342. The Morgan fingerprint density at radius 1 is 1.35 bits per heavy atom. The molecule has 0 aromatic heterocycles. The van der Waals surface area contributed by atoms with Crippen LogP contribution in [0.4, 0.5) is 4.79 Å². The van der Waals surface area contributed by atoms with Gasteiger partial charge in [0, 0.05) is 13.1 Å². The van der Waals surface area contributed by atoms with Crippen molar-refractivity contribution in [3.05, 3.63) is 30.3 Å². The number of ether oxygens (including phenoxy) is 1. The molecule has 1 aromatic rings. The molecule has 0 radical (unpaired) electrons. The standard InChI is InChI=1S/C14H19NO4S/c1-19-14(16)15-9-5-6-12(10-15)11-20(17,18)13-7-3-2-4-8-13/h2-4,7-8,12H,5-6,9-11H2,1H3. The minimum atomic E-state index is -3.29. The second-order valence-corrected chi connectivity index (χ2v) is 7.05. The van der Waals surface area contributed by atoms with Crippen molar-refractivity contribution in [2.45, 2.75) is 17.7 Å². The van der Waals surface area contributed by atoms with E-state index in [-0.39, 0.29) is 17.8 Å². The van der Waals surface area contributed by atoms with E-state index >= 15 is 0 Å². The van der Waals surface area contributed by atoms with Gasteiger partial charge in [0.05, 0.1) is 17.8 Å². The molecule has 1 atom stereocenters. The maximum absolute atomic E-state index is 12.3. The number of sulfone groups is 1. The summed E-state index contributed by atoms with van der Waals surface area (Å²) in [7, 11) is -1.95. The second-order valence-electron chi connectivity index (χ2n) is 5.02. The van der Waals surface area contributed by atoms with Crippen LogP contribution in [0.2, 0.25) is 0 Å². The van der Waals surface area contributed by atoms with Gasteiger partial charge in [-0.2, -0.15) is 0 Å². The van der Waals surface area contributed by atoms with Crippen molar-refractivity contribution < 1.29 is 17.9 Å². The van der Waals surface area contributed by atoms with Crippen molar-refractivity contribution in [1.29, 1.82) is 0 Å². The van der Waals surface area contributed by atoms with Crippen LogP contribution in [0.15, 0.2) is 35.2 Å². The van der Waals surface area contributed by atoms with Gasteiger partial charge in [0.1, 0.15) is 0 Å². The molecule has 1 amide bonds. The summed E-state index contributed by atoms with van der Waals surface area (Å²) in [6, 6.07) is 8.44. The van der Waals surface area contributed by atoms with Gasteiger partial charge in [0.2, 0.25) is 0 Å². The molecule has 1 aromatic carbocycles. The molecule has 6 heteroatoms. The summed E-state index contributed by atoms with van der Waals surface area (Å²) in [6.45, 7) is 1.08. The van der Waals surface area contributed by atoms with Gasteiger partial charge in [-0.3, -0.25) is 0 Å². The topological polar surface area (TPSA) is 63.7 Å². The number of rotatable bonds is 3. The Hall–Kier alpha value is -1.56. The molecule has 1 aliphatic heterocycles. The minimum Gasteiger partial charge on any atom is -0.453 e. The van der Waals surface area contributed by atoms with Crippen molar-refractivity contribution in [2.24, 2.45) is 5.92 Å². The first-order chi connectivity index (χ1) is 9.53. The molecule has 1 fully saturated rings. The number of methoxy groups -OCH3 is 1. The number of hydrogen-bond acceptors (Lipinski definition) is 4. The average molecular weight is 297 g/mol. The van der Waals surface area contributed by atoms with Crippen LogP contribution < -0.4 is 0 Å². The van der Waals surface area contributed by atoms with E-state index in [1.165, 1.54) is 7.11 Å². The number of likely N-dealkylation sites (tertiary alicyclic amines) is 1. The molecule has 1 aliphatic rings. The summed E-state index contributed by atoms with van der Waals surface area (Å²) in [5, 5.41) is 0. The third-order valence-corrected chi connectivity index (χ3v) is 5.41. The molecule has 1 unspecified atom stereocenters. The molecule has 0 aliphatic carbocycles. The Bertz CT molecular complexity index is 556. The maximum Gasteiger partial charge on any atom is 0.409 e. The van der Waals surface area contributed by atoms with E-state index < -0.39 is 9.84 Å². The highest BCUT2D eigenvalue weighted by atomic mass is 32.2. The Morgan fingerprint density at radius 2 is 2.05 bits per heavy atom. The first kappa shape index (κ1) is 14.8. The number of piperidine rings is 1. The van der Waals surface area contributed by atoms with Gasteiger partial charge < -0.3 is 9.64 Å². The van der Waals surface area contributed by atoms with E-state index in [1.54, 1.807) is 35.2 Å². The van der Waals surface area contributed by atoms with Gasteiger partial charge >= 0.3 is 6.09 Å². The van der Waals surface area contributed by atoms with Crippen LogP contribution in [0.25, 0.3) is 0 Å². The van der Waals surface area contributed by atoms with Crippen LogP contribution >= 0.6 is 0 Å².